The van der Waals surface area contributed by atoms with Crippen molar-refractivity contribution < 1.29 is 8.83 Å². The van der Waals surface area contributed by atoms with Gasteiger partial charge in [0, 0.05) is 59.1 Å². The predicted molar refractivity (Wildman–Crippen MR) is 243 cm³/mol. The van der Waals surface area contributed by atoms with E-state index in [1.54, 1.807) is 0 Å². The number of furan rings is 1. The quantitative estimate of drug-likeness (QED) is 0.169. The lowest BCUT2D eigenvalue weighted by molar-refractivity contribution is 0.621. The molecule has 0 fully saturated rings. The Bertz CT molecular complexity index is 3520. The van der Waals surface area contributed by atoms with E-state index >= 15 is 0 Å². The number of thiophene rings is 1. The van der Waals surface area contributed by atoms with Crippen molar-refractivity contribution in [3.8, 4) is 33.7 Å². The van der Waals surface area contributed by atoms with Crippen molar-refractivity contribution in [2.75, 3.05) is 4.90 Å². The van der Waals surface area contributed by atoms with Crippen molar-refractivity contribution in [2.45, 2.75) is 0 Å². The number of para-hydroxylation sites is 2. The molecule has 12 rings (SSSR count). The third kappa shape index (κ3) is 5.25. The van der Waals surface area contributed by atoms with E-state index in [9.17, 15) is 0 Å². The van der Waals surface area contributed by atoms with E-state index in [4.69, 9.17) is 13.8 Å². The van der Waals surface area contributed by atoms with Gasteiger partial charge >= 0.3 is 0 Å². The molecular formula is C53H32N2O2S. The lowest BCUT2D eigenvalue weighted by atomic mass is 9.98. The van der Waals surface area contributed by atoms with Crippen molar-refractivity contribution in [2.24, 2.45) is 0 Å². The molecular weight excluding hydrogens is 729 g/mol. The fourth-order valence-corrected chi connectivity index (χ4v) is 9.74. The van der Waals surface area contributed by atoms with Crippen molar-refractivity contribution in [3.63, 3.8) is 0 Å². The van der Waals surface area contributed by atoms with E-state index in [-0.39, 0.29) is 0 Å². The topological polar surface area (TPSA) is 42.4 Å². The van der Waals surface area contributed by atoms with Gasteiger partial charge in [0.15, 0.2) is 5.58 Å². The molecule has 0 bridgehead atoms. The molecule has 272 valence electrons. The number of hydrogen-bond donors (Lipinski definition) is 0. The van der Waals surface area contributed by atoms with Gasteiger partial charge in [-0.05, 0) is 94.2 Å². The van der Waals surface area contributed by atoms with E-state index in [0.29, 0.717) is 5.89 Å². The lowest BCUT2D eigenvalue weighted by Crippen LogP contribution is -2.09. The highest BCUT2D eigenvalue weighted by Gasteiger charge is 2.20. The van der Waals surface area contributed by atoms with Gasteiger partial charge in [-0.15, -0.1) is 11.3 Å². The molecule has 12 aromatic rings. The Labute approximate surface area is 337 Å². The van der Waals surface area contributed by atoms with Gasteiger partial charge in [-0.3, -0.25) is 0 Å². The molecule has 0 aliphatic heterocycles. The molecule has 9 aromatic carbocycles. The van der Waals surface area contributed by atoms with Gasteiger partial charge in [0.2, 0.25) is 5.89 Å². The number of nitrogens with zero attached hydrogens (tertiary/aromatic N) is 2. The van der Waals surface area contributed by atoms with Crippen LogP contribution in [-0.4, -0.2) is 4.98 Å². The fraction of sp³-hybridized carbons (Fsp3) is 0. The van der Waals surface area contributed by atoms with E-state index in [1.165, 1.54) is 42.1 Å². The first-order valence-electron chi connectivity index (χ1n) is 19.4. The van der Waals surface area contributed by atoms with Crippen LogP contribution in [0.25, 0.3) is 97.7 Å². The molecule has 0 N–H and O–H groups in total. The van der Waals surface area contributed by atoms with Crippen LogP contribution in [0, 0.1) is 0 Å². The summed E-state index contributed by atoms with van der Waals surface area (Å²) in [6.45, 7) is 0. The molecule has 0 saturated carbocycles. The van der Waals surface area contributed by atoms with E-state index in [0.717, 1.165) is 66.8 Å². The summed E-state index contributed by atoms with van der Waals surface area (Å²) >= 11 is 1.84. The standard InChI is InChI=1S/C53H32N2O2S/c1-2-12-39-33(10-1)11-7-15-40(39)34-22-26-36(27-23-34)55(38-30-31-43-42-13-4-6-21-49(42)58-50(43)32-38)37-28-24-35(25-29-37)41-16-8-18-46-52(41)57-53(54-46)45-17-9-20-48-51(45)44-14-3-5-19-47(44)56-48/h1-32H. The Morgan fingerprint density at radius 1 is 0.414 bits per heavy atom. The van der Waals surface area contributed by atoms with Gasteiger partial charge in [0.25, 0.3) is 0 Å². The molecule has 0 spiro atoms. The number of rotatable bonds is 6. The van der Waals surface area contributed by atoms with E-state index in [1.807, 2.05) is 47.7 Å². The zero-order valence-electron chi connectivity index (χ0n) is 31.1. The van der Waals surface area contributed by atoms with Crippen LogP contribution >= 0.6 is 11.3 Å². The summed E-state index contributed by atoms with van der Waals surface area (Å²) in [4.78, 5) is 7.35. The maximum absolute atomic E-state index is 6.66. The largest absolute Gasteiger partial charge is 0.456 e. The summed E-state index contributed by atoms with van der Waals surface area (Å²) in [7, 11) is 0. The first-order valence-corrected chi connectivity index (χ1v) is 20.3. The molecule has 0 atom stereocenters. The van der Waals surface area contributed by atoms with Crippen LogP contribution in [0.4, 0.5) is 17.1 Å². The monoisotopic (exact) mass is 760 g/mol. The Balaban J connectivity index is 0.956. The molecule has 0 saturated heterocycles. The zero-order valence-corrected chi connectivity index (χ0v) is 31.9. The fourth-order valence-electron chi connectivity index (χ4n) is 8.60. The van der Waals surface area contributed by atoms with E-state index in [2.05, 4.69) is 163 Å². The number of hydrogen-bond acceptors (Lipinski definition) is 5. The van der Waals surface area contributed by atoms with Crippen LogP contribution in [0.3, 0.4) is 0 Å². The molecule has 5 heteroatoms. The van der Waals surface area contributed by atoms with Gasteiger partial charge in [-0.25, -0.2) is 4.98 Å². The number of fused-ring (bicyclic) bond motifs is 8. The summed E-state index contributed by atoms with van der Waals surface area (Å²) in [5.41, 5.74) is 11.9. The summed E-state index contributed by atoms with van der Waals surface area (Å²) in [5.74, 6) is 0.575. The molecule has 0 radical (unpaired) electrons. The third-order valence-electron chi connectivity index (χ3n) is 11.3. The van der Waals surface area contributed by atoms with Crippen LogP contribution < -0.4 is 4.90 Å². The number of aromatic nitrogens is 1. The van der Waals surface area contributed by atoms with Crippen LogP contribution in [-0.2, 0) is 0 Å². The predicted octanol–water partition coefficient (Wildman–Crippen LogP) is 15.7. The second kappa shape index (κ2) is 13.1. The van der Waals surface area contributed by atoms with Crippen molar-refractivity contribution in [3.05, 3.63) is 194 Å². The lowest BCUT2D eigenvalue weighted by Gasteiger charge is -2.26. The summed E-state index contributed by atoms with van der Waals surface area (Å²) in [6, 6.07) is 68.7. The number of benzene rings is 9. The van der Waals surface area contributed by atoms with Crippen molar-refractivity contribution >= 4 is 92.4 Å². The smallest absolute Gasteiger partial charge is 0.228 e. The van der Waals surface area contributed by atoms with Crippen molar-refractivity contribution in [1.82, 2.24) is 4.98 Å². The maximum atomic E-state index is 6.66. The molecule has 58 heavy (non-hydrogen) atoms. The average Bonchev–Trinajstić information content (AvgIpc) is 4.00. The van der Waals surface area contributed by atoms with Gasteiger partial charge < -0.3 is 13.7 Å². The molecule has 0 amide bonds. The third-order valence-corrected chi connectivity index (χ3v) is 12.5. The SMILES string of the molecule is c1ccc2c(-c3ccc(N(c4ccc(-c5cccc6nc(-c7cccc8oc9ccccc9c78)oc56)cc4)c4ccc5c(c4)sc4ccccc45)cc3)cccc2c1. The zero-order chi connectivity index (χ0) is 38.2. The second-order valence-electron chi connectivity index (χ2n) is 14.7. The Morgan fingerprint density at radius 3 is 1.86 bits per heavy atom. The van der Waals surface area contributed by atoms with E-state index < -0.39 is 0 Å². The van der Waals surface area contributed by atoms with Crippen LogP contribution in [0.5, 0.6) is 0 Å². The Kier molecular flexibility index (Phi) is 7.37. The average molecular weight is 761 g/mol. The summed E-state index contributed by atoms with van der Waals surface area (Å²) in [5, 5.41) is 7.12. The number of oxazole rings is 1. The molecule has 0 aliphatic carbocycles. The minimum Gasteiger partial charge on any atom is -0.456 e. The molecule has 0 unspecified atom stereocenters. The Morgan fingerprint density at radius 2 is 1.02 bits per heavy atom. The van der Waals surface area contributed by atoms with Gasteiger partial charge in [-0.1, -0.05) is 127 Å². The van der Waals surface area contributed by atoms with Gasteiger partial charge in [0.05, 0.1) is 0 Å². The van der Waals surface area contributed by atoms with Gasteiger partial charge in [0.1, 0.15) is 16.7 Å². The van der Waals surface area contributed by atoms with Crippen LogP contribution in [0.2, 0.25) is 0 Å². The van der Waals surface area contributed by atoms with Crippen LogP contribution in [0.15, 0.2) is 203 Å². The number of anilines is 3. The first kappa shape index (κ1) is 32.7. The Hall–Kier alpha value is -7.47. The summed E-state index contributed by atoms with van der Waals surface area (Å²) < 4.78 is 15.4. The molecule has 0 aliphatic rings. The second-order valence-corrected chi connectivity index (χ2v) is 15.8. The van der Waals surface area contributed by atoms with Crippen LogP contribution in [0.1, 0.15) is 0 Å². The first-order chi connectivity index (χ1) is 28.7. The maximum Gasteiger partial charge on any atom is 0.228 e. The highest BCUT2D eigenvalue weighted by molar-refractivity contribution is 7.25. The van der Waals surface area contributed by atoms with Gasteiger partial charge in [-0.2, -0.15) is 0 Å². The normalized spacial score (nSPS) is 11.8. The molecule has 3 aromatic heterocycles. The highest BCUT2D eigenvalue weighted by Crippen LogP contribution is 2.43. The van der Waals surface area contributed by atoms with Crippen molar-refractivity contribution in [1.29, 1.82) is 0 Å². The minimum atomic E-state index is 0.575. The summed E-state index contributed by atoms with van der Waals surface area (Å²) in [6.07, 6.45) is 0. The minimum absolute atomic E-state index is 0.575. The highest BCUT2D eigenvalue weighted by atomic mass is 32.1. The molecule has 4 nitrogen and oxygen atoms in total. The molecule has 3 heterocycles.